The first-order valence-corrected chi connectivity index (χ1v) is 6.62. The van der Waals surface area contributed by atoms with E-state index in [1.165, 1.54) is 0 Å². The third kappa shape index (κ3) is 2.55. The topological polar surface area (TPSA) is 60.2 Å². The van der Waals surface area contributed by atoms with Gasteiger partial charge in [0.05, 0.1) is 24.6 Å². The molecule has 1 fully saturated rings. The van der Waals surface area contributed by atoms with E-state index in [0.29, 0.717) is 25.4 Å². The number of carbonyl (C=O) groups is 1. The van der Waals surface area contributed by atoms with Gasteiger partial charge in [0.25, 0.3) is 5.91 Å². The van der Waals surface area contributed by atoms with Crippen LogP contribution in [0.1, 0.15) is 17.4 Å². The monoisotopic (exact) mass is 272 g/mol. The van der Waals surface area contributed by atoms with Crippen LogP contribution in [0.15, 0.2) is 36.5 Å². The summed E-state index contributed by atoms with van der Waals surface area (Å²) in [5.41, 5.74) is 1.25. The van der Waals surface area contributed by atoms with Crippen LogP contribution in [0.25, 0.3) is 5.69 Å². The minimum absolute atomic E-state index is 0.0665. The van der Waals surface area contributed by atoms with Crippen LogP contribution < -0.4 is 0 Å². The quantitative estimate of drug-likeness (QED) is 0.822. The summed E-state index contributed by atoms with van der Waals surface area (Å²) in [4.78, 5) is 14.1. The molecule has 1 aliphatic heterocycles. The zero-order valence-corrected chi connectivity index (χ0v) is 11.3. The molecule has 0 radical (unpaired) electrons. The highest BCUT2D eigenvalue weighted by atomic mass is 16.5. The fraction of sp³-hybridized carbons (Fsp3) is 0.357. The highest BCUT2D eigenvalue weighted by Gasteiger charge is 2.24. The maximum absolute atomic E-state index is 12.3. The van der Waals surface area contributed by atoms with Crippen LogP contribution in [0.2, 0.25) is 0 Å². The van der Waals surface area contributed by atoms with E-state index in [4.69, 9.17) is 4.74 Å². The van der Waals surface area contributed by atoms with Crippen molar-refractivity contribution in [2.24, 2.45) is 0 Å². The zero-order chi connectivity index (χ0) is 13.9. The van der Waals surface area contributed by atoms with Gasteiger partial charge in [-0.3, -0.25) is 4.79 Å². The first-order chi connectivity index (χ1) is 9.74. The molecule has 2 aromatic rings. The normalized spacial score (nSPS) is 19.1. The van der Waals surface area contributed by atoms with Gasteiger partial charge in [-0.05, 0) is 19.1 Å². The van der Waals surface area contributed by atoms with E-state index >= 15 is 0 Å². The van der Waals surface area contributed by atoms with Gasteiger partial charge in [0.1, 0.15) is 0 Å². The van der Waals surface area contributed by atoms with Crippen molar-refractivity contribution in [2.45, 2.75) is 13.0 Å². The van der Waals surface area contributed by atoms with Crippen LogP contribution in [0.3, 0.4) is 0 Å². The molecule has 1 aromatic heterocycles. The summed E-state index contributed by atoms with van der Waals surface area (Å²) in [6.07, 6.45) is 1.73. The van der Waals surface area contributed by atoms with Crippen molar-refractivity contribution < 1.29 is 9.53 Å². The predicted octanol–water partition coefficient (Wildman–Crippen LogP) is 1.13. The SMILES string of the molecule is C[C@H]1CN(C(=O)c2cn(-c3ccccc3)nn2)CCO1. The lowest BCUT2D eigenvalue weighted by atomic mass is 10.2. The standard InChI is InChI=1S/C14H16N4O2/c1-11-9-17(7-8-20-11)14(19)13-10-18(16-15-13)12-5-3-2-4-6-12/h2-6,10-11H,7-9H2,1H3/t11-/m0/s1. The molecule has 1 atom stereocenters. The number of rotatable bonds is 2. The summed E-state index contributed by atoms with van der Waals surface area (Å²) in [5, 5.41) is 7.98. The maximum atomic E-state index is 12.3. The van der Waals surface area contributed by atoms with Crippen LogP contribution in [-0.2, 0) is 4.74 Å². The predicted molar refractivity (Wildman–Crippen MR) is 72.7 cm³/mol. The molecule has 1 aliphatic rings. The van der Waals surface area contributed by atoms with Crippen molar-refractivity contribution in [2.75, 3.05) is 19.7 Å². The van der Waals surface area contributed by atoms with E-state index in [9.17, 15) is 4.79 Å². The van der Waals surface area contributed by atoms with Gasteiger partial charge >= 0.3 is 0 Å². The second kappa shape index (κ2) is 5.42. The Kier molecular flexibility index (Phi) is 3.47. The number of ether oxygens (including phenoxy) is 1. The molecule has 1 amide bonds. The van der Waals surface area contributed by atoms with E-state index in [1.807, 2.05) is 37.3 Å². The Labute approximate surface area is 117 Å². The van der Waals surface area contributed by atoms with Gasteiger partial charge in [-0.2, -0.15) is 0 Å². The summed E-state index contributed by atoms with van der Waals surface area (Å²) >= 11 is 0. The zero-order valence-electron chi connectivity index (χ0n) is 11.3. The fourth-order valence-corrected chi connectivity index (χ4v) is 2.23. The molecule has 6 nitrogen and oxygen atoms in total. The number of aromatic nitrogens is 3. The summed E-state index contributed by atoms with van der Waals surface area (Å²) in [6, 6.07) is 9.60. The summed E-state index contributed by atoms with van der Waals surface area (Å²) < 4.78 is 7.04. The Morgan fingerprint density at radius 2 is 2.15 bits per heavy atom. The van der Waals surface area contributed by atoms with Crippen molar-refractivity contribution in [1.82, 2.24) is 19.9 Å². The highest BCUT2D eigenvalue weighted by molar-refractivity contribution is 5.92. The first kappa shape index (κ1) is 12.8. The Bertz CT molecular complexity index is 596. The lowest BCUT2D eigenvalue weighted by molar-refractivity contribution is -0.0126. The summed E-state index contributed by atoms with van der Waals surface area (Å²) in [7, 11) is 0. The third-order valence-electron chi connectivity index (χ3n) is 3.26. The van der Waals surface area contributed by atoms with Crippen molar-refractivity contribution in [3.8, 4) is 5.69 Å². The lowest BCUT2D eigenvalue weighted by Gasteiger charge is -2.30. The number of hydrogen-bond donors (Lipinski definition) is 0. The molecule has 104 valence electrons. The average Bonchev–Trinajstić information content (AvgIpc) is 2.97. The van der Waals surface area contributed by atoms with Crippen LogP contribution in [0, 0.1) is 0 Å². The molecule has 0 bridgehead atoms. The van der Waals surface area contributed by atoms with E-state index in [2.05, 4.69) is 10.3 Å². The minimum Gasteiger partial charge on any atom is -0.375 e. The number of amides is 1. The molecule has 3 rings (SSSR count). The van der Waals surface area contributed by atoms with Crippen molar-refractivity contribution in [3.63, 3.8) is 0 Å². The number of benzene rings is 1. The van der Waals surface area contributed by atoms with Crippen LogP contribution in [-0.4, -0.2) is 51.6 Å². The molecule has 1 aromatic carbocycles. The Morgan fingerprint density at radius 3 is 2.90 bits per heavy atom. The van der Waals surface area contributed by atoms with Crippen molar-refractivity contribution in [3.05, 3.63) is 42.2 Å². The van der Waals surface area contributed by atoms with Gasteiger partial charge in [-0.1, -0.05) is 23.4 Å². The van der Waals surface area contributed by atoms with Crippen LogP contribution >= 0.6 is 0 Å². The number of carbonyl (C=O) groups excluding carboxylic acids is 1. The first-order valence-electron chi connectivity index (χ1n) is 6.62. The molecule has 0 saturated carbocycles. The second-order valence-electron chi connectivity index (χ2n) is 4.82. The maximum Gasteiger partial charge on any atom is 0.276 e. The number of nitrogens with zero attached hydrogens (tertiary/aromatic N) is 4. The molecule has 0 aliphatic carbocycles. The van der Waals surface area contributed by atoms with Gasteiger partial charge in [0.2, 0.25) is 0 Å². The molecule has 0 spiro atoms. The Balaban J connectivity index is 1.78. The third-order valence-corrected chi connectivity index (χ3v) is 3.26. The van der Waals surface area contributed by atoms with Gasteiger partial charge in [-0.25, -0.2) is 4.68 Å². The molecular formula is C14H16N4O2. The van der Waals surface area contributed by atoms with Gasteiger partial charge in [0, 0.05) is 13.1 Å². The van der Waals surface area contributed by atoms with Crippen molar-refractivity contribution >= 4 is 5.91 Å². The molecule has 1 saturated heterocycles. The molecule has 6 heteroatoms. The van der Waals surface area contributed by atoms with Gasteiger partial charge in [-0.15, -0.1) is 5.10 Å². The summed E-state index contributed by atoms with van der Waals surface area (Å²) in [6.45, 7) is 3.72. The number of hydrogen-bond acceptors (Lipinski definition) is 4. The van der Waals surface area contributed by atoms with E-state index in [-0.39, 0.29) is 12.0 Å². The molecule has 0 N–H and O–H groups in total. The Morgan fingerprint density at radius 1 is 1.35 bits per heavy atom. The van der Waals surface area contributed by atoms with Crippen LogP contribution in [0.4, 0.5) is 0 Å². The number of para-hydroxylation sites is 1. The average molecular weight is 272 g/mol. The van der Waals surface area contributed by atoms with Crippen molar-refractivity contribution in [1.29, 1.82) is 0 Å². The number of morpholine rings is 1. The van der Waals surface area contributed by atoms with E-state index in [0.717, 1.165) is 5.69 Å². The Hall–Kier alpha value is -2.21. The largest absolute Gasteiger partial charge is 0.375 e. The smallest absolute Gasteiger partial charge is 0.276 e. The lowest BCUT2D eigenvalue weighted by Crippen LogP contribution is -2.44. The van der Waals surface area contributed by atoms with Crippen LogP contribution in [0.5, 0.6) is 0 Å². The highest BCUT2D eigenvalue weighted by Crippen LogP contribution is 2.10. The van der Waals surface area contributed by atoms with Gasteiger partial charge < -0.3 is 9.64 Å². The molecule has 0 unspecified atom stereocenters. The van der Waals surface area contributed by atoms with Gasteiger partial charge in [0.15, 0.2) is 5.69 Å². The fourth-order valence-electron chi connectivity index (χ4n) is 2.23. The second-order valence-corrected chi connectivity index (χ2v) is 4.82. The summed E-state index contributed by atoms with van der Waals surface area (Å²) in [5.74, 6) is -0.0951. The molecular weight excluding hydrogens is 256 g/mol. The minimum atomic E-state index is -0.0951. The molecule has 20 heavy (non-hydrogen) atoms. The molecule has 2 heterocycles. The van der Waals surface area contributed by atoms with E-state index in [1.54, 1.807) is 15.8 Å². The van der Waals surface area contributed by atoms with E-state index < -0.39 is 0 Å².